The summed E-state index contributed by atoms with van der Waals surface area (Å²) in [5.74, 6) is 0.823. The Hall–Kier alpha value is -3.05. The largest absolute Gasteiger partial charge is 0.490 e. The van der Waals surface area contributed by atoms with E-state index in [9.17, 15) is 18.0 Å². The number of rotatable bonds is 8. The number of nitrogens with one attached hydrogen (secondary N) is 1. The first-order valence-corrected chi connectivity index (χ1v) is 12.5. The predicted molar refractivity (Wildman–Crippen MR) is 131 cm³/mol. The fourth-order valence-corrected chi connectivity index (χ4v) is 4.74. The molecular formula is C25H28F3N5O2S. The Kier molecular flexibility index (Phi) is 8.20. The molecule has 1 amide bonds. The first-order chi connectivity index (χ1) is 17.2. The minimum absolute atomic E-state index is 0.172. The van der Waals surface area contributed by atoms with Gasteiger partial charge in [-0.2, -0.15) is 0 Å². The van der Waals surface area contributed by atoms with E-state index in [1.807, 2.05) is 19.9 Å². The van der Waals surface area contributed by atoms with Crippen molar-refractivity contribution in [3.8, 4) is 16.3 Å². The van der Waals surface area contributed by atoms with Crippen LogP contribution in [0, 0.1) is 13.8 Å². The van der Waals surface area contributed by atoms with Crippen LogP contribution in [0.15, 0.2) is 36.8 Å². The number of likely N-dealkylation sites (tertiary alicyclic amines) is 1. The number of nitrogens with zero attached hydrogens (tertiary/aromatic N) is 4. The molecule has 1 N–H and O–H groups in total. The Bertz CT molecular complexity index is 1180. The molecule has 1 aliphatic rings. The molecule has 3 aromatic rings. The van der Waals surface area contributed by atoms with E-state index in [0.29, 0.717) is 30.0 Å². The van der Waals surface area contributed by atoms with Gasteiger partial charge in [-0.1, -0.05) is 0 Å². The van der Waals surface area contributed by atoms with Crippen LogP contribution in [0.2, 0.25) is 0 Å². The number of alkyl halides is 3. The van der Waals surface area contributed by atoms with E-state index >= 15 is 0 Å². The van der Waals surface area contributed by atoms with Crippen molar-refractivity contribution in [1.82, 2.24) is 25.2 Å². The van der Waals surface area contributed by atoms with E-state index in [1.165, 1.54) is 11.3 Å². The number of piperidine rings is 1. The fraction of sp³-hybridized carbons (Fsp3) is 0.440. The van der Waals surface area contributed by atoms with Gasteiger partial charge in [0, 0.05) is 53.2 Å². The Labute approximate surface area is 211 Å². The third-order valence-electron chi connectivity index (χ3n) is 6.02. The summed E-state index contributed by atoms with van der Waals surface area (Å²) in [6, 6.07) is 4.91. The summed E-state index contributed by atoms with van der Waals surface area (Å²) < 4.78 is 45.2. The highest BCUT2D eigenvalue weighted by atomic mass is 32.1. The van der Waals surface area contributed by atoms with E-state index in [0.717, 1.165) is 25.9 Å². The first-order valence-electron chi connectivity index (χ1n) is 11.7. The number of benzene rings is 1. The minimum Gasteiger partial charge on any atom is -0.490 e. The zero-order chi connectivity index (χ0) is 25.8. The SMILES string of the molecule is Cc1ncc([C@@H](C)NC(=O)c2cc(OC3CCN(C(F)C(F)F)CC3)cc(-c3ncc(C)s3)c2)cn1. The predicted octanol–water partition coefficient (Wildman–Crippen LogP) is 5.11. The van der Waals surface area contributed by atoms with Crippen LogP contribution in [0.4, 0.5) is 13.2 Å². The van der Waals surface area contributed by atoms with Gasteiger partial charge in [0.15, 0.2) is 0 Å². The molecular weight excluding hydrogens is 491 g/mol. The molecule has 0 spiro atoms. The summed E-state index contributed by atoms with van der Waals surface area (Å²) >= 11 is 1.50. The monoisotopic (exact) mass is 519 g/mol. The molecule has 36 heavy (non-hydrogen) atoms. The number of halogens is 3. The highest BCUT2D eigenvalue weighted by Gasteiger charge is 2.31. The number of aryl methyl sites for hydroxylation is 2. The van der Waals surface area contributed by atoms with Crippen molar-refractivity contribution >= 4 is 17.2 Å². The van der Waals surface area contributed by atoms with Gasteiger partial charge in [-0.15, -0.1) is 11.3 Å². The number of carbonyl (C=O) groups is 1. The van der Waals surface area contributed by atoms with Gasteiger partial charge in [0.2, 0.25) is 6.30 Å². The lowest BCUT2D eigenvalue weighted by Gasteiger charge is -2.33. The normalized spacial score (nSPS) is 16.6. The minimum atomic E-state index is -3.03. The van der Waals surface area contributed by atoms with Crippen LogP contribution < -0.4 is 10.1 Å². The average Bonchev–Trinajstić information content (AvgIpc) is 3.30. The molecule has 0 bridgehead atoms. The molecule has 3 heterocycles. The fourth-order valence-electron chi connectivity index (χ4n) is 3.99. The Morgan fingerprint density at radius 2 is 1.78 bits per heavy atom. The summed E-state index contributed by atoms with van der Waals surface area (Å²) in [7, 11) is 0. The molecule has 0 aliphatic carbocycles. The zero-order valence-corrected chi connectivity index (χ0v) is 21.1. The molecule has 2 atom stereocenters. The average molecular weight is 520 g/mol. The molecule has 1 unspecified atom stereocenters. The van der Waals surface area contributed by atoms with E-state index in [-0.39, 0.29) is 31.1 Å². The van der Waals surface area contributed by atoms with Gasteiger partial charge in [-0.25, -0.2) is 28.1 Å². The molecule has 2 aromatic heterocycles. The number of thiazole rings is 1. The van der Waals surface area contributed by atoms with E-state index in [2.05, 4.69) is 20.3 Å². The van der Waals surface area contributed by atoms with Crippen molar-refractivity contribution in [2.75, 3.05) is 13.1 Å². The molecule has 0 radical (unpaired) electrons. The standard InChI is InChI=1S/C25H28F3N5O2S/c1-14-11-31-25(36-14)18-8-17(24(34)32-15(2)19-12-29-16(3)30-13-19)9-21(10-18)35-20-4-6-33(7-5-20)23(28)22(26)27/h8-13,15,20,22-23H,4-7H2,1-3H3,(H,32,34)/t15-,23?/m1/s1. The van der Waals surface area contributed by atoms with Crippen molar-refractivity contribution < 1.29 is 22.7 Å². The Balaban J connectivity index is 1.52. The molecule has 192 valence electrons. The summed E-state index contributed by atoms with van der Waals surface area (Å²) in [5.41, 5.74) is 1.91. The third kappa shape index (κ3) is 6.38. The van der Waals surface area contributed by atoms with Crippen molar-refractivity contribution in [3.63, 3.8) is 0 Å². The number of aromatic nitrogens is 3. The van der Waals surface area contributed by atoms with Crippen molar-refractivity contribution in [2.24, 2.45) is 0 Å². The summed E-state index contributed by atoms with van der Waals surface area (Å²) in [6.45, 7) is 5.93. The number of amides is 1. The number of carbonyl (C=O) groups excluding carboxylic acids is 1. The molecule has 1 saturated heterocycles. The topological polar surface area (TPSA) is 80.2 Å². The van der Waals surface area contributed by atoms with Gasteiger partial charge in [0.25, 0.3) is 12.3 Å². The first kappa shape index (κ1) is 26.0. The second-order valence-electron chi connectivity index (χ2n) is 8.84. The quantitative estimate of drug-likeness (QED) is 0.417. The van der Waals surface area contributed by atoms with E-state index in [1.54, 1.807) is 37.6 Å². The van der Waals surface area contributed by atoms with Crippen molar-refractivity contribution in [3.05, 3.63) is 58.6 Å². The molecule has 1 aromatic carbocycles. The van der Waals surface area contributed by atoms with Gasteiger partial charge < -0.3 is 10.1 Å². The highest BCUT2D eigenvalue weighted by molar-refractivity contribution is 7.14. The van der Waals surface area contributed by atoms with Gasteiger partial charge in [-0.05, 0) is 51.8 Å². The third-order valence-corrected chi connectivity index (χ3v) is 6.98. The lowest BCUT2D eigenvalue weighted by Crippen LogP contribution is -2.45. The maximum absolute atomic E-state index is 13.7. The number of ether oxygens (including phenoxy) is 1. The van der Waals surface area contributed by atoms with Gasteiger partial charge in [0.1, 0.15) is 22.7 Å². The van der Waals surface area contributed by atoms with Gasteiger partial charge in [-0.3, -0.25) is 9.69 Å². The van der Waals surface area contributed by atoms with Crippen molar-refractivity contribution in [1.29, 1.82) is 0 Å². The van der Waals surface area contributed by atoms with Crippen LogP contribution in [0.1, 0.15) is 52.4 Å². The lowest BCUT2D eigenvalue weighted by atomic mass is 10.1. The molecule has 4 rings (SSSR count). The van der Waals surface area contributed by atoms with Gasteiger partial charge >= 0.3 is 0 Å². The van der Waals surface area contributed by atoms with E-state index in [4.69, 9.17) is 4.74 Å². The maximum atomic E-state index is 13.7. The summed E-state index contributed by atoms with van der Waals surface area (Å²) in [5, 5.41) is 3.71. The Morgan fingerprint density at radius 3 is 2.39 bits per heavy atom. The molecule has 1 fully saturated rings. The zero-order valence-electron chi connectivity index (χ0n) is 20.2. The maximum Gasteiger partial charge on any atom is 0.282 e. The van der Waals surface area contributed by atoms with Crippen LogP contribution in [-0.2, 0) is 0 Å². The lowest BCUT2D eigenvalue weighted by molar-refractivity contribution is -0.0665. The van der Waals surface area contributed by atoms with Crippen LogP contribution in [-0.4, -0.2) is 57.7 Å². The summed E-state index contributed by atoms with van der Waals surface area (Å²) in [4.78, 5) is 28.1. The Morgan fingerprint density at radius 1 is 1.08 bits per heavy atom. The molecule has 0 saturated carbocycles. The second-order valence-corrected chi connectivity index (χ2v) is 10.1. The second kappa shape index (κ2) is 11.3. The van der Waals surface area contributed by atoms with Crippen molar-refractivity contribution in [2.45, 2.75) is 58.5 Å². The number of hydrogen-bond acceptors (Lipinski definition) is 7. The number of hydrogen-bond donors (Lipinski definition) is 1. The van der Waals surface area contributed by atoms with Gasteiger partial charge in [0.05, 0.1) is 6.04 Å². The van der Waals surface area contributed by atoms with E-state index < -0.39 is 12.7 Å². The summed E-state index contributed by atoms with van der Waals surface area (Å²) in [6.07, 6.45) is 0.351. The molecule has 7 nitrogen and oxygen atoms in total. The molecule has 1 aliphatic heterocycles. The van der Waals surface area contributed by atoms with Crippen LogP contribution in [0.5, 0.6) is 5.75 Å². The van der Waals surface area contributed by atoms with Crippen LogP contribution in [0.3, 0.4) is 0 Å². The van der Waals surface area contributed by atoms with Crippen LogP contribution in [0.25, 0.3) is 10.6 Å². The highest BCUT2D eigenvalue weighted by Crippen LogP contribution is 2.31. The smallest absolute Gasteiger partial charge is 0.282 e. The van der Waals surface area contributed by atoms with Crippen LogP contribution >= 0.6 is 11.3 Å². The molecule has 11 heteroatoms.